The summed E-state index contributed by atoms with van der Waals surface area (Å²) in [5.74, 6) is 0.273. The van der Waals surface area contributed by atoms with Gasteiger partial charge in [-0.25, -0.2) is 0 Å². The molecule has 0 aromatic rings. The van der Waals surface area contributed by atoms with E-state index in [2.05, 4.69) is 12.2 Å². The van der Waals surface area contributed by atoms with E-state index in [1.165, 1.54) is 0 Å². The monoisotopic (exact) mass is 208 g/mol. The van der Waals surface area contributed by atoms with Crippen molar-refractivity contribution in [3.63, 3.8) is 0 Å². The lowest BCUT2D eigenvalue weighted by Crippen LogP contribution is -2.54. The normalized spacial score (nSPS) is 44.5. The van der Waals surface area contributed by atoms with Gasteiger partial charge < -0.3 is 5.32 Å². The number of fused-ring (bicyclic) bond motifs is 1. The molecule has 3 rings (SSSR count). The van der Waals surface area contributed by atoms with Crippen LogP contribution in [0.2, 0.25) is 0 Å². The molecule has 3 aliphatic rings. The average Bonchev–Trinajstić information content (AvgIpc) is 2.96. The molecule has 4 heteroatoms. The number of rotatable bonds is 1. The van der Waals surface area contributed by atoms with Gasteiger partial charge in [-0.1, -0.05) is 0 Å². The Balaban J connectivity index is 1.81. The number of hydrogen-bond donors (Lipinski definition) is 1. The number of imide groups is 1. The van der Waals surface area contributed by atoms with E-state index in [9.17, 15) is 9.59 Å². The summed E-state index contributed by atoms with van der Waals surface area (Å²) in [6, 6.07) is 0.357. The molecule has 2 saturated heterocycles. The van der Waals surface area contributed by atoms with Crippen LogP contribution in [-0.2, 0) is 9.59 Å². The zero-order valence-corrected chi connectivity index (χ0v) is 8.90. The zero-order chi connectivity index (χ0) is 10.6. The Morgan fingerprint density at radius 2 is 1.93 bits per heavy atom. The lowest BCUT2D eigenvalue weighted by molar-refractivity contribution is -0.145. The first-order valence-electron chi connectivity index (χ1n) is 5.80. The quantitative estimate of drug-likeness (QED) is 0.623. The third-order valence-electron chi connectivity index (χ3n) is 3.95. The maximum Gasteiger partial charge on any atom is 0.233 e. The fourth-order valence-corrected chi connectivity index (χ4v) is 2.91. The molecule has 2 heterocycles. The summed E-state index contributed by atoms with van der Waals surface area (Å²) >= 11 is 0. The average molecular weight is 208 g/mol. The Kier molecular flexibility index (Phi) is 1.89. The fraction of sp³-hybridized carbons (Fsp3) is 0.818. The van der Waals surface area contributed by atoms with Crippen molar-refractivity contribution in [2.75, 3.05) is 6.54 Å². The highest BCUT2D eigenvalue weighted by molar-refractivity contribution is 6.09. The zero-order valence-electron chi connectivity index (χ0n) is 8.90. The number of hydrogen-bond acceptors (Lipinski definition) is 3. The van der Waals surface area contributed by atoms with Crippen molar-refractivity contribution in [2.45, 2.75) is 38.3 Å². The highest BCUT2D eigenvalue weighted by Gasteiger charge is 2.60. The third-order valence-corrected chi connectivity index (χ3v) is 3.95. The number of amides is 2. The van der Waals surface area contributed by atoms with Crippen molar-refractivity contribution in [1.29, 1.82) is 0 Å². The van der Waals surface area contributed by atoms with Crippen LogP contribution >= 0.6 is 0 Å². The summed E-state index contributed by atoms with van der Waals surface area (Å²) in [5.41, 5.74) is 0. The van der Waals surface area contributed by atoms with Crippen LogP contribution < -0.4 is 5.32 Å². The summed E-state index contributed by atoms with van der Waals surface area (Å²) in [6.45, 7) is 3.06. The summed E-state index contributed by atoms with van der Waals surface area (Å²) in [5, 5.41) is 3.33. The molecule has 1 saturated carbocycles. The standard InChI is InChI=1S/C11H16N2O2/c1-6-9(3-2-4-12-6)13-10(14)7-5-8(7)11(13)15/h6-9,12H,2-5H2,1H3. The van der Waals surface area contributed by atoms with Gasteiger partial charge in [-0.05, 0) is 32.7 Å². The van der Waals surface area contributed by atoms with Crippen LogP contribution in [0.3, 0.4) is 0 Å². The van der Waals surface area contributed by atoms with Gasteiger partial charge in [0.05, 0.1) is 17.9 Å². The van der Waals surface area contributed by atoms with E-state index >= 15 is 0 Å². The molecule has 1 N–H and O–H groups in total. The minimum atomic E-state index is 0.0478. The lowest BCUT2D eigenvalue weighted by Gasteiger charge is -2.36. The molecule has 2 aliphatic heterocycles. The summed E-state index contributed by atoms with van der Waals surface area (Å²) in [6.07, 6.45) is 2.83. The predicted molar refractivity (Wildman–Crippen MR) is 53.9 cm³/mol. The van der Waals surface area contributed by atoms with Crippen LogP contribution in [0.1, 0.15) is 26.2 Å². The van der Waals surface area contributed by atoms with Gasteiger partial charge in [-0.3, -0.25) is 14.5 Å². The summed E-state index contributed by atoms with van der Waals surface area (Å²) < 4.78 is 0. The van der Waals surface area contributed by atoms with Gasteiger partial charge in [0, 0.05) is 6.04 Å². The maximum atomic E-state index is 11.9. The van der Waals surface area contributed by atoms with Gasteiger partial charge in [0.2, 0.25) is 11.8 Å². The second kappa shape index (κ2) is 3.04. The fourth-order valence-electron chi connectivity index (χ4n) is 2.91. The predicted octanol–water partition coefficient (Wildman–Crippen LogP) is 0.132. The van der Waals surface area contributed by atoms with Crippen LogP contribution in [-0.4, -0.2) is 35.3 Å². The molecular formula is C11H16N2O2. The molecule has 4 atom stereocenters. The maximum absolute atomic E-state index is 11.9. The number of likely N-dealkylation sites (tertiary alicyclic amines) is 1. The van der Waals surface area contributed by atoms with Crippen molar-refractivity contribution in [3.8, 4) is 0 Å². The second-order valence-corrected chi connectivity index (χ2v) is 4.95. The Hall–Kier alpha value is -0.900. The molecular weight excluding hydrogens is 192 g/mol. The first kappa shape index (κ1) is 9.33. The minimum absolute atomic E-state index is 0.0478. The molecule has 4 unspecified atom stereocenters. The molecule has 82 valence electrons. The molecule has 1 aliphatic carbocycles. The highest BCUT2D eigenvalue weighted by atomic mass is 16.2. The van der Waals surface area contributed by atoms with Gasteiger partial charge in [0.25, 0.3) is 0 Å². The Morgan fingerprint density at radius 3 is 2.53 bits per heavy atom. The first-order valence-corrected chi connectivity index (χ1v) is 5.80. The van der Waals surface area contributed by atoms with Crippen LogP contribution in [0.4, 0.5) is 0 Å². The smallest absolute Gasteiger partial charge is 0.233 e. The van der Waals surface area contributed by atoms with Crippen LogP contribution in [0.15, 0.2) is 0 Å². The number of nitrogens with zero attached hydrogens (tertiary/aromatic N) is 1. The first-order chi connectivity index (χ1) is 7.20. The van der Waals surface area contributed by atoms with Gasteiger partial charge >= 0.3 is 0 Å². The number of nitrogens with one attached hydrogen (secondary N) is 1. The van der Waals surface area contributed by atoms with E-state index < -0.39 is 0 Å². The largest absolute Gasteiger partial charge is 0.312 e. The number of piperidine rings is 2. The van der Waals surface area contributed by atoms with Gasteiger partial charge in [0.1, 0.15) is 0 Å². The Bertz CT molecular complexity index is 309. The van der Waals surface area contributed by atoms with Crippen molar-refractivity contribution in [3.05, 3.63) is 0 Å². The molecule has 0 aromatic carbocycles. The molecule has 0 spiro atoms. The van der Waals surface area contributed by atoms with Crippen LogP contribution in [0, 0.1) is 11.8 Å². The van der Waals surface area contributed by atoms with E-state index in [4.69, 9.17) is 0 Å². The van der Waals surface area contributed by atoms with Crippen molar-refractivity contribution >= 4 is 11.8 Å². The van der Waals surface area contributed by atoms with Gasteiger partial charge in [-0.15, -0.1) is 0 Å². The van der Waals surface area contributed by atoms with E-state index in [0.29, 0.717) is 0 Å². The van der Waals surface area contributed by atoms with E-state index in [1.807, 2.05) is 0 Å². The number of carbonyl (C=O) groups is 2. The lowest BCUT2D eigenvalue weighted by atomic mass is 9.98. The summed E-state index contributed by atoms with van der Waals surface area (Å²) in [7, 11) is 0. The second-order valence-electron chi connectivity index (χ2n) is 4.95. The molecule has 2 amide bonds. The molecule has 3 fully saturated rings. The van der Waals surface area contributed by atoms with Crippen molar-refractivity contribution in [1.82, 2.24) is 10.2 Å². The van der Waals surface area contributed by atoms with E-state index in [0.717, 1.165) is 25.8 Å². The molecule has 0 aromatic heterocycles. The van der Waals surface area contributed by atoms with E-state index in [-0.39, 0.29) is 35.7 Å². The van der Waals surface area contributed by atoms with Gasteiger partial charge in [-0.2, -0.15) is 0 Å². The molecule has 0 radical (unpaired) electrons. The highest BCUT2D eigenvalue weighted by Crippen LogP contribution is 2.48. The SMILES string of the molecule is CC1NCCCC1N1C(=O)C2CC2C1=O. The summed E-state index contributed by atoms with van der Waals surface area (Å²) in [4.78, 5) is 25.3. The molecule has 15 heavy (non-hydrogen) atoms. The topological polar surface area (TPSA) is 49.4 Å². The van der Waals surface area contributed by atoms with Crippen LogP contribution in [0.25, 0.3) is 0 Å². The Labute approximate surface area is 89.0 Å². The van der Waals surface area contributed by atoms with Crippen molar-refractivity contribution < 1.29 is 9.59 Å². The molecule has 0 bridgehead atoms. The van der Waals surface area contributed by atoms with Gasteiger partial charge in [0.15, 0.2) is 0 Å². The van der Waals surface area contributed by atoms with E-state index in [1.54, 1.807) is 4.90 Å². The van der Waals surface area contributed by atoms with Crippen LogP contribution in [0.5, 0.6) is 0 Å². The minimum Gasteiger partial charge on any atom is -0.312 e. The van der Waals surface area contributed by atoms with Crippen molar-refractivity contribution in [2.24, 2.45) is 11.8 Å². The number of carbonyl (C=O) groups excluding carboxylic acids is 2. The molecule has 4 nitrogen and oxygen atoms in total. The Morgan fingerprint density at radius 1 is 1.27 bits per heavy atom. The third kappa shape index (κ3) is 1.24.